The summed E-state index contributed by atoms with van der Waals surface area (Å²) in [6, 6.07) is 22.0. The predicted octanol–water partition coefficient (Wildman–Crippen LogP) is 5.30. The predicted molar refractivity (Wildman–Crippen MR) is 107 cm³/mol. The first-order chi connectivity index (χ1) is 14.4. The summed E-state index contributed by atoms with van der Waals surface area (Å²) in [5.41, 5.74) is 0.0850. The van der Waals surface area contributed by atoms with Gasteiger partial charge < -0.3 is 9.64 Å². The Labute approximate surface area is 172 Å². The molecule has 0 spiro atoms. The van der Waals surface area contributed by atoms with Crippen LogP contribution in [0.1, 0.15) is 16.7 Å². The van der Waals surface area contributed by atoms with E-state index in [1.807, 2.05) is 48.5 Å². The monoisotopic (exact) mass is 411 g/mol. The molecular formula is C24H20F3NO2. The maximum absolute atomic E-state index is 14.4. The van der Waals surface area contributed by atoms with Gasteiger partial charge in [-0.25, -0.2) is 0 Å². The van der Waals surface area contributed by atoms with E-state index in [1.54, 1.807) is 6.07 Å². The van der Waals surface area contributed by atoms with E-state index in [0.29, 0.717) is 0 Å². The topological polar surface area (TPSA) is 29.5 Å². The summed E-state index contributed by atoms with van der Waals surface area (Å²) in [6.45, 7) is 0.107. The van der Waals surface area contributed by atoms with Crippen molar-refractivity contribution in [2.24, 2.45) is 0 Å². The maximum atomic E-state index is 14.4. The molecule has 1 aliphatic rings. The third-order valence-corrected chi connectivity index (χ3v) is 5.52. The van der Waals surface area contributed by atoms with E-state index in [-0.39, 0.29) is 18.7 Å². The molecule has 6 heteroatoms. The number of hydrogen-bond donors (Lipinski definition) is 0. The van der Waals surface area contributed by atoms with Crippen LogP contribution in [0.3, 0.4) is 0 Å². The minimum Gasteiger partial charge on any atom is -0.356 e. The number of rotatable bonds is 3. The lowest BCUT2D eigenvalue weighted by Crippen LogP contribution is -2.56. The lowest BCUT2D eigenvalue weighted by Gasteiger charge is -2.37. The Morgan fingerprint density at radius 1 is 0.800 bits per heavy atom. The van der Waals surface area contributed by atoms with E-state index in [9.17, 15) is 18.0 Å². The molecule has 0 fully saturated rings. The Kier molecular flexibility index (Phi) is 5.12. The molecule has 4 rings (SSSR count). The second kappa shape index (κ2) is 7.61. The van der Waals surface area contributed by atoms with Crippen molar-refractivity contribution in [1.29, 1.82) is 0 Å². The van der Waals surface area contributed by atoms with Gasteiger partial charge in [-0.05, 0) is 22.3 Å². The molecular weight excluding hydrogens is 391 g/mol. The normalized spacial score (nSPS) is 15.5. The highest BCUT2D eigenvalue weighted by Crippen LogP contribution is 2.44. The number of carbonyl (C=O) groups excluding carboxylic acids is 1. The number of ether oxygens (including phenoxy) is 1. The van der Waals surface area contributed by atoms with Crippen LogP contribution in [0.2, 0.25) is 0 Å². The number of nitrogens with zero attached hydrogens (tertiary/aromatic N) is 1. The van der Waals surface area contributed by atoms with Gasteiger partial charge in [-0.2, -0.15) is 13.2 Å². The van der Waals surface area contributed by atoms with Crippen LogP contribution in [0, 0.1) is 0 Å². The molecule has 0 unspecified atom stereocenters. The van der Waals surface area contributed by atoms with Crippen molar-refractivity contribution in [3.05, 3.63) is 95.6 Å². The molecule has 1 aliphatic heterocycles. The number of hydrogen-bond acceptors (Lipinski definition) is 2. The molecule has 3 aromatic carbocycles. The van der Waals surface area contributed by atoms with Crippen LogP contribution in [-0.4, -0.2) is 24.1 Å². The highest BCUT2D eigenvalue weighted by molar-refractivity contribution is 5.88. The van der Waals surface area contributed by atoms with Gasteiger partial charge in [0.05, 0.1) is 0 Å². The first kappa shape index (κ1) is 20.2. The fourth-order valence-corrected chi connectivity index (χ4v) is 4.08. The van der Waals surface area contributed by atoms with E-state index in [0.717, 1.165) is 29.4 Å². The third-order valence-electron chi connectivity index (χ3n) is 5.52. The summed E-state index contributed by atoms with van der Waals surface area (Å²) in [4.78, 5) is 14.8. The Hall–Kier alpha value is -3.12. The maximum Gasteiger partial charge on any atom is 0.430 e. The Morgan fingerprint density at radius 3 is 1.73 bits per heavy atom. The van der Waals surface area contributed by atoms with E-state index >= 15 is 0 Å². The molecule has 30 heavy (non-hydrogen) atoms. The van der Waals surface area contributed by atoms with Crippen LogP contribution in [0.15, 0.2) is 78.9 Å². The summed E-state index contributed by atoms with van der Waals surface area (Å²) >= 11 is 0. The van der Waals surface area contributed by atoms with Crippen molar-refractivity contribution in [2.75, 3.05) is 7.11 Å². The average Bonchev–Trinajstić information content (AvgIpc) is 2.91. The van der Waals surface area contributed by atoms with Crippen LogP contribution < -0.4 is 0 Å². The largest absolute Gasteiger partial charge is 0.430 e. The van der Waals surface area contributed by atoms with Crippen molar-refractivity contribution in [3.8, 4) is 11.1 Å². The number of alkyl halides is 3. The molecule has 0 saturated heterocycles. The quantitative estimate of drug-likeness (QED) is 0.585. The second-order valence-electron chi connectivity index (χ2n) is 7.22. The van der Waals surface area contributed by atoms with Gasteiger partial charge in [0.15, 0.2) is 0 Å². The van der Waals surface area contributed by atoms with Crippen LogP contribution >= 0.6 is 0 Å². The summed E-state index contributed by atoms with van der Waals surface area (Å²) in [5.74, 6) is -1.13. The van der Waals surface area contributed by atoms with Gasteiger partial charge >= 0.3 is 6.18 Å². The van der Waals surface area contributed by atoms with Gasteiger partial charge in [0.1, 0.15) is 0 Å². The van der Waals surface area contributed by atoms with Crippen LogP contribution in [0.4, 0.5) is 13.2 Å². The molecule has 1 atom stereocenters. The number of halogens is 3. The van der Waals surface area contributed by atoms with Crippen LogP contribution in [-0.2, 0) is 28.2 Å². The van der Waals surface area contributed by atoms with Crippen LogP contribution in [0.25, 0.3) is 11.1 Å². The van der Waals surface area contributed by atoms with E-state index in [4.69, 9.17) is 4.74 Å². The molecule has 1 amide bonds. The zero-order valence-corrected chi connectivity index (χ0v) is 16.3. The summed E-state index contributed by atoms with van der Waals surface area (Å²) in [7, 11) is 0.929. The van der Waals surface area contributed by atoms with Gasteiger partial charge in [0, 0.05) is 25.8 Å². The molecule has 0 N–H and O–H groups in total. The number of carbonyl (C=O) groups is 1. The number of fused-ring (bicyclic) bond motifs is 3. The standard InChI is InChI=1S/C24H20F3NO2/c1-30-23(24(25,26)27,19-11-3-2-4-12-19)22(29)28-15-17-9-5-7-13-20(17)21-14-8-6-10-18(21)16-28/h2-14H,15-16H2,1H3/t23-/m1/s1. The number of benzene rings is 3. The minimum absolute atomic E-state index is 0.0533. The summed E-state index contributed by atoms with van der Waals surface area (Å²) in [6.07, 6.45) is -4.94. The summed E-state index contributed by atoms with van der Waals surface area (Å²) in [5, 5.41) is 0. The van der Waals surface area contributed by atoms with Gasteiger partial charge in [-0.3, -0.25) is 4.79 Å². The van der Waals surface area contributed by atoms with Gasteiger partial charge in [0.2, 0.25) is 0 Å². The van der Waals surface area contributed by atoms with Gasteiger partial charge in [0.25, 0.3) is 11.5 Å². The SMILES string of the molecule is CO[C@@](C(=O)N1Cc2ccccc2-c2ccccc2C1)(c1ccccc1)C(F)(F)F. The highest BCUT2D eigenvalue weighted by Gasteiger charge is 2.63. The van der Waals surface area contributed by atoms with Crippen molar-refractivity contribution < 1.29 is 22.7 Å². The molecule has 0 aliphatic carbocycles. The Balaban J connectivity index is 1.86. The molecule has 3 nitrogen and oxygen atoms in total. The highest BCUT2D eigenvalue weighted by atomic mass is 19.4. The third kappa shape index (κ3) is 3.17. The Morgan fingerprint density at radius 2 is 1.27 bits per heavy atom. The molecule has 0 aromatic heterocycles. The van der Waals surface area contributed by atoms with Gasteiger partial charge in [-0.15, -0.1) is 0 Å². The van der Waals surface area contributed by atoms with Crippen LogP contribution in [0.5, 0.6) is 0 Å². The van der Waals surface area contributed by atoms with Crippen molar-refractivity contribution in [2.45, 2.75) is 24.9 Å². The van der Waals surface area contributed by atoms with E-state index in [2.05, 4.69) is 0 Å². The average molecular weight is 411 g/mol. The molecule has 154 valence electrons. The molecule has 0 bridgehead atoms. The molecule has 3 aromatic rings. The fraction of sp³-hybridized carbons (Fsp3) is 0.208. The minimum atomic E-state index is -4.94. The van der Waals surface area contributed by atoms with E-state index < -0.39 is 17.7 Å². The lowest BCUT2D eigenvalue weighted by molar-refractivity contribution is -0.271. The second-order valence-corrected chi connectivity index (χ2v) is 7.22. The van der Waals surface area contributed by atoms with Crippen molar-refractivity contribution >= 4 is 5.91 Å². The lowest BCUT2D eigenvalue weighted by atomic mass is 9.90. The summed E-state index contributed by atoms with van der Waals surface area (Å²) < 4.78 is 48.2. The molecule has 1 heterocycles. The number of methoxy groups -OCH3 is 1. The molecule has 0 radical (unpaired) electrons. The smallest absolute Gasteiger partial charge is 0.356 e. The fourth-order valence-electron chi connectivity index (χ4n) is 4.08. The zero-order valence-electron chi connectivity index (χ0n) is 16.3. The first-order valence-electron chi connectivity index (χ1n) is 9.51. The van der Waals surface area contributed by atoms with Crippen molar-refractivity contribution in [1.82, 2.24) is 4.90 Å². The molecule has 0 saturated carbocycles. The Bertz CT molecular complexity index is 1020. The zero-order chi connectivity index (χ0) is 21.4. The number of amides is 1. The van der Waals surface area contributed by atoms with Gasteiger partial charge in [-0.1, -0.05) is 78.9 Å². The van der Waals surface area contributed by atoms with E-state index in [1.165, 1.54) is 29.2 Å². The first-order valence-corrected chi connectivity index (χ1v) is 9.51. The van der Waals surface area contributed by atoms with Crippen molar-refractivity contribution in [3.63, 3.8) is 0 Å².